The standard InChI is InChI=1S/C24H21N3O6S/c1-14-13-34-24-26-18(11-21(28)27(14)24)12-33-23(30)16-5-4-6-17(9-16)25-22(29)15-7-8-19(31-2)20(10-15)32-3/h4-11,13H,12H2,1-3H3,(H,25,29). The van der Waals surface area contributed by atoms with Crippen LogP contribution in [0, 0.1) is 6.92 Å². The number of nitrogens with one attached hydrogen (secondary N) is 1. The molecule has 0 aliphatic heterocycles. The summed E-state index contributed by atoms with van der Waals surface area (Å²) in [7, 11) is 3.00. The Kier molecular flexibility index (Phi) is 6.60. The minimum absolute atomic E-state index is 0.149. The van der Waals surface area contributed by atoms with Gasteiger partial charge in [-0.2, -0.15) is 0 Å². The van der Waals surface area contributed by atoms with Gasteiger partial charge < -0.3 is 19.5 Å². The Morgan fingerprint density at radius 2 is 1.82 bits per heavy atom. The normalized spacial score (nSPS) is 10.7. The first kappa shape index (κ1) is 23.0. The van der Waals surface area contributed by atoms with Crippen molar-refractivity contribution in [3.63, 3.8) is 0 Å². The van der Waals surface area contributed by atoms with Crippen LogP contribution < -0.4 is 20.3 Å². The first-order chi connectivity index (χ1) is 16.4. The summed E-state index contributed by atoms with van der Waals surface area (Å²) in [6.07, 6.45) is 0. The molecule has 0 spiro atoms. The molecule has 34 heavy (non-hydrogen) atoms. The lowest BCUT2D eigenvalue weighted by molar-refractivity contribution is 0.0467. The molecule has 0 saturated heterocycles. The number of methoxy groups -OCH3 is 2. The summed E-state index contributed by atoms with van der Waals surface area (Å²) in [5.41, 5.74) is 1.96. The SMILES string of the molecule is COc1ccc(C(=O)Nc2cccc(C(=O)OCc3cc(=O)n4c(C)csc4n3)c2)cc1OC. The van der Waals surface area contributed by atoms with E-state index in [4.69, 9.17) is 14.2 Å². The second kappa shape index (κ2) is 9.75. The van der Waals surface area contributed by atoms with Crippen LogP contribution in [0.1, 0.15) is 32.1 Å². The molecule has 2 heterocycles. The van der Waals surface area contributed by atoms with E-state index < -0.39 is 5.97 Å². The zero-order chi connectivity index (χ0) is 24.2. The molecule has 0 radical (unpaired) electrons. The smallest absolute Gasteiger partial charge is 0.338 e. The Hall–Kier alpha value is -4.18. The van der Waals surface area contributed by atoms with Crippen LogP contribution in [0.4, 0.5) is 5.69 Å². The molecule has 0 aliphatic carbocycles. The van der Waals surface area contributed by atoms with E-state index in [2.05, 4.69) is 10.3 Å². The van der Waals surface area contributed by atoms with Gasteiger partial charge in [-0.15, -0.1) is 11.3 Å². The second-order valence-electron chi connectivity index (χ2n) is 7.26. The summed E-state index contributed by atoms with van der Waals surface area (Å²) < 4.78 is 17.3. The minimum Gasteiger partial charge on any atom is -0.493 e. The van der Waals surface area contributed by atoms with Gasteiger partial charge in [-0.05, 0) is 43.3 Å². The van der Waals surface area contributed by atoms with Crippen molar-refractivity contribution in [3.05, 3.63) is 86.8 Å². The van der Waals surface area contributed by atoms with Gasteiger partial charge in [0.2, 0.25) is 0 Å². The van der Waals surface area contributed by atoms with Gasteiger partial charge in [-0.25, -0.2) is 9.78 Å². The molecule has 0 fully saturated rings. The number of fused-ring (bicyclic) bond motifs is 1. The second-order valence-corrected chi connectivity index (χ2v) is 8.10. The number of hydrogen-bond acceptors (Lipinski definition) is 8. The number of aryl methyl sites for hydroxylation is 1. The molecule has 0 unspecified atom stereocenters. The van der Waals surface area contributed by atoms with Crippen molar-refractivity contribution >= 4 is 33.9 Å². The van der Waals surface area contributed by atoms with Crippen molar-refractivity contribution in [2.24, 2.45) is 0 Å². The molecule has 0 bridgehead atoms. The van der Waals surface area contributed by atoms with Crippen LogP contribution in [0.3, 0.4) is 0 Å². The lowest BCUT2D eigenvalue weighted by Crippen LogP contribution is -2.16. The Bertz CT molecular complexity index is 1440. The molecule has 10 heteroatoms. The number of ether oxygens (including phenoxy) is 3. The highest BCUT2D eigenvalue weighted by Gasteiger charge is 2.14. The third-order valence-electron chi connectivity index (χ3n) is 4.98. The summed E-state index contributed by atoms with van der Waals surface area (Å²) in [6, 6.07) is 12.5. The number of benzene rings is 2. The minimum atomic E-state index is -0.605. The average molecular weight is 480 g/mol. The Morgan fingerprint density at radius 3 is 2.59 bits per heavy atom. The number of hydrogen-bond donors (Lipinski definition) is 1. The highest BCUT2D eigenvalue weighted by atomic mass is 32.1. The molecule has 2 aromatic carbocycles. The molecule has 0 saturated carbocycles. The predicted molar refractivity (Wildman–Crippen MR) is 127 cm³/mol. The van der Waals surface area contributed by atoms with Gasteiger partial charge in [0.25, 0.3) is 11.5 Å². The molecular weight excluding hydrogens is 458 g/mol. The maximum Gasteiger partial charge on any atom is 0.338 e. The van der Waals surface area contributed by atoms with Crippen molar-refractivity contribution < 1.29 is 23.8 Å². The van der Waals surface area contributed by atoms with E-state index in [1.54, 1.807) is 36.4 Å². The maximum atomic E-state index is 12.7. The molecule has 9 nitrogen and oxygen atoms in total. The summed E-state index contributed by atoms with van der Waals surface area (Å²) >= 11 is 1.34. The third-order valence-corrected chi connectivity index (χ3v) is 5.93. The number of aromatic nitrogens is 2. The number of esters is 1. The van der Waals surface area contributed by atoms with Crippen molar-refractivity contribution in [3.8, 4) is 11.5 Å². The average Bonchev–Trinajstić information content (AvgIpc) is 3.23. The van der Waals surface area contributed by atoms with Gasteiger partial charge in [0, 0.05) is 28.4 Å². The van der Waals surface area contributed by atoms with Gasteiger partial charge >= 0.3 is 5.97 Å². The first-order valence-corrected chi connectivity index (χ1v) is 11.0. The third kappa shape index (κ3) is 4.76. The lowest BCUT2D eigenvalue weighted by atomic mass is 10.1. The quantitative estimate of drug-likeness (QED) is 0.403. The summed E-state index contributed by atoms with van der Waals surface area (Å²) in [5, 5.41) is 4.58. The fourth-order valence-corrected chi connectivity index (χ4v) is 4.19. The topological polar surface area (TPSA) is 108 Å². The summed E-state index contributed by atoms with van der Waals surface area (Å²) in [6.45, 7) is 1.67. The molecule has 1 N–H and O–H groups in total. The molecule has 1 amide bonds. The Balaban J connectivity index is 1.44. The Labute approximate surface area is 198 Å². The van der Waals surface area contributed by atoms with E-state index in [1.807, 2.05) is 12.3 Å². The maximum absolute atomic E-state index is 12.7. The molecule has 4 aromatic rings. The van der Waals surface area contributed by atoms with Gasteiger partial charge in [-0.3, -0.25) is 14.0 Å². The van der Waals surface area contributed by atoms with Crippen molar-refractivity contribution in [2.45, 2.75) is 13.5 Å². The van der Waals surface area contributed by atoms with Crippen LogP contribution in [0.25, 0.3) is 4.96 Å². The van der Waals surface area contributed by atoms with Gasteiger partial charge in [0.15, 0.2) is 16.5 Å². The number of carbonyl (C=O) groups excluding carboxylic acids is 2. The number of nitrogens with zero attached hydrogens (tertiary/aromatic N) is 2. The Morgan fingerprint density at radius 1 is 1.03 bits per heavy atom. The van der Waals surface area contributed by atoms with E-state index in [1.165, 1.54) is 42.1 Å². The molecular formula is C24H21N3O6S. The fourth-order valence-electron chi connectivity index (χ4n) is 3.30. The number of carbonyl (C=O) groups is 2. The largest absolute Gasteiger partial charge is 0.493 e. The van der Waals surface area contributed by atoms with Crippen LogP contribution in [-0.2, 0) is 11.3 Å². The number of anilines is 1. The van der Waals surface area contributed by atoms with E-state index in [-0.39, 0.29) is 23.6 Å². The van der Waals surface area contributed by atoms with Crippen LogP contribution in [0.5, 0.6) is 11.5 Å². The highest BCUT2D eigenvalue weighted by molar-refractivity contribution is 7.15. The first-order valence-electron chi connectivity index (χ1n) is 10.2. The van der Waals surface area contributed by atoms with Crippen LogP contribution in [0.15, 0.2) is 58.7 Å². The summed E-state index contributed by atoms with van der Waals surface area (Å²) in [5.74, 6) is -0.0479. The van der Waals surface area contributed by atoms with Gasteiger partial charge in [0.1, 0.15) is 6.61 Å². The predicted octanol–water partition coefficient (Wildman–Crippen LogP) is 3.69. The molecule has 0 aliphatic rings. The van der Waals surface area contributed by atoms with E-state index in [9.17, 15) is 14.4 Å². The number of thiazole rings is 1. The number of rotatable bonds is 7. The van der Waals surface area contributed by atoms with Crippen LogP contribution in [0.2, 0.25) is 0 Å². The fraction of sp³-hybridized carbons (Fsp3) is 0.167. The van der Waals surface area contributed by atoms with Crippen molar-refractivity contribution in [2.75, 3.05) is 19.5 Å². The van der Waals surface area contributed by atoms with Crippen LogP contribution >= 0.6 is 11.3 Å². The van der Waals surface area contributed by atoms with Gasteiger partial charge in [-0.1, -0.05) is 6.07 Å². The zero-order valence-corrected chi connectivity index (χ0v) is 19.5. The molecule has 4 rings (SSSR count). The van der Waals surface area contributed by atoms with Gasteiger partial charge in [0.05, 0.1) is 25.5 Å². The monoisotopic (exact) mass is 479 g/mol. The molecule has 0 atom stereocenters. The van der Waals surface area contributed by atoms with Crippen molar-refractivity contribution in [1.82, 2.24) is 9.38 Å². The zero-order valence-electron chi connectivity index (χ0n) is 18.7. The number of amides is 1. The molecule has 2 aromatic heterocycles. The molecule has 174 valence electrons. The van der Waals surface area contributed by atoms with Crippen molar-refractivity contribution in [1.29, 1.82) is 0 Å². The van der Waals surface area contributed by atoms with Crippen LogP contribution in [-0.4, -0.2) is 35.5 Å². The van der Waals surface area contributed by atoms with E-state index in [0.717, 1.165) is 5.69 Å². The van der Waals surface area contributed by atoms with E-state index in [0.29, 0.717) is 33.4 Å². The lowest BCUT2D eigenvalue weighted by Gasteiger charge is -2.11. The summed E-state index contributed by atoms with van der Waals surface area (Å²) in [4.78, 5) is 42.4. The van der Waals surface area contributed by atoms with E-state index >= 15 is 0 Å². The highest BCUT2D eigenvalue weighted by Crippen LogP contribution is 2.28.